The van der Waals surface area contributed by atoms with Crippen LogP contribution in [-0.2, 0) is 0 Å². The van der Waals surface area contributed by atoms with Gasteiger partial charge in [-0.1, -0.05) is 13.8 Å². The highest BCUT2D eigenvalue weighted by atomic mass is 79.9. The topological polar surface area (TPSA) is 72.2 Å². The van der Waals surface area contributed by atoms with Gasteiger partial charge < -0.3 is 5.11 Å². The lowest BCUT2D eigenvalue weighted by Gasteiger charge is -2.12. The van der Waals surface area contributed by atoms with Crippen molar-refractivity contribution in [1.82, 2.24) is 9.78 Å². The molecule has 0 aliphatic carbocycles. The molecule has 1 aromatic carbocycles. The quantitative estimate of drug-likeness (QED) is 0.919. The minimum atomic E-state index is -1.41. The molecule has 7 heteroatoms. The average molecular weight is 355 g/mol. The number of carbonyl (C=O) groups is 1. The molecule has 1 heterocycles. The zero-order valence-corrected chi connectivity index (χ0v) is 12.9. The number of benzene rings is 1. The lowest BCUT2D eigenvalue weighted by atomic mass is 10.0. The van der Waals surface area contributed by atoms with E-state index in [9.17, 15) is 14.0 Å². The second-order valence-electron chi connectivity index (χ2n) is 4.76. The number of carboxylic acids is 1. The zero-order chi connectivity index (χ0) is 15.7. The van der Waals surface area contributed by atoms with Gasteiger partial charge in [0.25, 0.3) is 0 Å². The fourth-order valence-electron chi connectivity index (χ4n) is 1.85. The molecule has 0 saturated carbocycles. The Morgan fingerprint density at radius 2 is 2.10 bits per heavy atom. The summed E-state index contributed by atoms with van der Waals surface area (Å²) in [5.74, 6) is -2.09. The smallest absolute Gasteiger partial charge is 0.360 e. The first kappa shape index (κ1) is 15.4. The van der Waals surface area contributed by atoms with Crippen LogP contribution in [0.3, 0.4) is 0 Å². The van der Waals surface area contributed by atoms with E-state index < -0.39 is 22.9 Å². The van der Waals surface area contributed by atoms with Gasteiger partial charge in [0.15, 0.2) is 0 Å². The Kier molecular flexibility index (Phi) is 4.22. The van der Waals surface area contributed by atoms with Crippen LogP contribution in [0.4, 0.5) is 4.39 Å². The monoisotopic (exact) mass is 354 g/mol. The molecule has 0 aliphatic heterocycles. The van der Waals surface area contributed by atoms with E-state index in [1.807, 2.05) is 0 Å². The van der Waals surface area contributed by atoms with E-state index in [1.54, 1.807) is 13.8 Å². The normalized spacial score (nSPS) is 10.9. The molecule has 0 amide bonds. The highest BCUT2D eigenvalue weighted by Crippen LogP contribution is 2.22. The molecule has 5 nitrogen and oxygen atoms in total. The summed E-state index contributed by atoms with van der Waals surface area (Å²) in [6.07, 6.45) is 1.43. The minimum Gasteiger partial charge on any atom is -0.476 e. The van der Waals surface area contributed by atoms with Crippen LogP contribution >= 0.6 is 15.9 Å². The molecular weight excluding hydrogens is 343 g/mol. The van der Waals surface area contributed by atoms with Gasteiger partial charge in [-0.2, -0.15) is 5.10 Å². The van der Waals surface area contributed by atoms with Crippen LogP contribution in [0.1, 0.15) is 35.8 Å². The molecule has 0 spiro atoms. The molecule has 21 heavy (non-hydrogen) atoms. The van der Waals surface area contributed by atoms with Gasteiger partial charge in [0.1, 0.15) is 5.82 Å². The number of aromatic nitrogens is 2. The Balaban J connectivity index is 2.78. The van der Waals surface area contributed by atoms with E-state index in [2.05, 4.69) is 21.0 Å². The van der Waals surface area contributed by atoms with Gasteiger partial charge in [-0.05, 0) is 34.0 Å². The van der Waals surface area contributed by atoms with Crippen molar-refractivity contribution >= 4 is 21.9 Å². The van der Waals surface area contributed by atoms with Gasteiger partial charge in [0.2, 0.25) is 11.1 Å². The number of halogens is 2. The van der Waals surface area contributed by atoms with Gasteiger partial charge in [0, 0.05) is 22.3 Å². The summed E-state index contributed by atoms with van der Waals surface area (Å²) in [7, 11) is 0. The molecule has 2 aromatic rings. The second kappa shape index (κ2) is 5.77. The third-order valence-electron chi connectivity index (χ3n) is 2.93. The molecule has 0 unspecified atom stereocenters. The van der Waals surface area contributed by atoms with Crippen LogP contribution in [0, 0.1) is 5.82 Å². The zero-order valence-electron chi connectivity index (χ0n) is 11.3. The maximum absolute atomic E-state index is 13.4. The van der Waals surface area contributed by atoms with E-state index in [0.717, 1.165) is 0 Å². The fraction of sp³-hybridized carbons (Fsp3) is 0.214. The Morgan fingerprint density at radius 1 is 1.43 bits per heavy atom. The van der Waals surface area contributed by atoms with E-state index in [-0.39, 0.29) is 5.92 Å². The first-order valence-electron chi connectivity index (χ1n) is 6.14. The third-order valence-corrected chi connectivity index (χ3v) is 3.60. The van der Waals surface area contributed by atoms with E-state index >= 15 is 0 Å². The van der Waals surface area contributed by atoms with E-state index in [4.69, 9.17) is 5.11 Å². The van der Waals surface area contributed by atoms with Gasteiger partial charge in [0.05, 0.1) is 5.69 Å². The minimum absolute atomic E-state index is 0.183. The van der Waals surface area contributed by atoms with Crippen molar-refractivity contribution in [2.75, 3.05) is 0 Å². The van der Waals surface area contributed by atoms with Crippen molar-refractivity contribution in [1.29, 1.82) is 0 Å². The van der Waals surface area contributed by atoms with E-state index in [1.165, 1.54) is 29.1 Å². The molecule has 0 bridgehead atoms. The standard InChI is InChI=1S/C14H12BrFN2O3/c1-7(2)9-6-18(17-12(13(9)19)14(20)21)11-5-8(16)3-4-10(11)15/h3-7H,1-2H3,(H,20,21). The summed E-state index contributed by atoms with van der Waals surface area (Å²) in [5.41, 5.74) is -0.586. The average Bonchev–Trinajstić information content (AvgIpc) is 2.41. The molecule has 0 atom stereocenters. The summed E-state index contributed by atoms with van der Waals surface area (Å²) < 4.78 is 15.1. The van der Waals surface area contributed by atoms with Crippen molar-refractivity contribution in [3.63, 3.8) is 0 Å². The van der Waals surface area contributed by atoms with Crippen molar-refractivity contribution in [2.45, 2.75) is 19.8 Å². The van der Waals surface area contributed by atoms with Crippen molar-refractivity contribution < 1.29 is 14.3 Å². The largest absolute Gasteiger partial charge is 0.476 e. The summed E-state index contributed by atoms with van der Waals surface area (Å²) in [6, 6.07) is 3.95. The Hall–Kier alpha value is -2.02. The summed E-state index contributed by atoms with van der Waals surface area (Å²) in [4.78, 5) is 23.2. The molecule has 1 aromatic heterocycles. The lowest BCUT2D eigenvalue weighted by Crippen LogP contribution is -2.25. The lowest BCUT2D eigenvalue weighted by molar-refractivity contribution is 0.0686. The van der Waals surface area contributed by atoms with Gasteiger partial charge in [-0.25, -0.2) is 13.9 Å². The fourth-order valence-corrected chi connectivity index (χ4v) is 2.27. The molecule has 0 fully saturated rings. The summed E-state index contributed by atoms with van der Waals surface area (Å²) >= 11 is 3.26. The number of hydrogen-bond acceptors (Lipinski definition) is 3. The SMILES string of the molecule is CC(C)c1cn(-c2cc(F)ccc2Br)nc(C(=O)O)c1=O. The van der Waals surface area contributed by atoms with Crippen molar-refractivity contribution in [3.05, 3.63) is 56.2 Å². The molecular formula is C14H12BrFN2O3. The number of aromatic carboxylic acids is 1. The van der Waals surface area contributed by atoms with Crippen LogP contribution in [0.5, 0.6) is 0 Å². The predicted octanol–water partition coefficient (Wildman–Crippen LogP) is 2.96. The van der Waals surface area contributed by atoms with E-state index in [0.29, 0.717) is 15.7 Å². The maximum atomic E-state index is 13.4. The predicted molar refractivity (Wildman–Crippen MR) is 78.5 cm³/mol. The first-order valence-corrected chi connectivity index (χ1v) is 6.93. The Bertz CT molecular complexity index is 771. The van der Waals surface area contributed by atoms with Crippen molar-refractivity contribution in [3.8, 4) is 5.69 Å². The molecule has 110 valence electrons. The van der Waals surface area contributed by atoms with Crippen LogP contribution < -0.4 is 5.43 Å². The Labute approximate surface area is 128 Å². The number of hydrogen-bond donors (Lipinski definition) is 1. The first-order chi connectivity index (χ1) is 9.81. The second-order valence-corrected chi connectivity index (χ2v) is 5.62. The van der Waals surface area contributed by atoms with Crippen LogP contribution in [-0.4, -0.2) is 20.9 Å². The third kappa shape index (κ3) is 3.02. The number of nitrogens with zero attached hydrogens (tertiary/aromatic N) is 2. The number of carboxylic acid groups (broad SMARTS) is 1. The number of rotatable bonds is 3. The Morgan fingerprint density at radius 3 is 2.67 bits per heavy atom. The van der Waals surface area contributed by atoms with Gasteiger partial charge in [-0.15, -0.1) is 0 Å². The van der Waals surface area contributed by atoms with Crippen LogP contribution in [0.15, 0.2) is 33.7 Å². The highest BCUT2D eigenvalue weighted by Gasteiger charge is 2.19. The highest BCUT2D eigenvalue weighted by molar-refractivity contribution is 9.10. The van der Waals surface area contributed by atoms with Crippen molar-refractivity contribution in [2.24, 2.45) is 0 Å². The molecule has 1 N–H and O–H groups in total. The van der Waals surface area contributed by atoms with Crippen LogP contribution in [0.25, 0.3) is 5.69 Å². The molecule has 2 rings (SSSR count). The molecule has 0 radical (unpaired) electrons. The van der Waals surface area contributed by atoms with Gasteiger partial charge in [-0.3, -0.25) is 4.79 Å². The van der Waals surface area contributed by atoms with Gasteiger partial charge >= 0.3 is 5.97 Å². The summed E-state index contributed by atoms with van der Waals surface area (Å²) in [5, 5.41) is 12.9. The maximum Gasteiger partial charge on any atom is 0.360 e. The van der Waals surface area contributed by atoms with Crippen LogP contribution in [0.2, 0.25) is 0 Å². The molecule has 0 saturated heterocycles. The summed E-state index contributed by atoms with van der Waals surface area (Å²) in [6.45, 7) is 3.54. The molecule has 0 aliphatic rings.